The van der Waals surface area contributed by atoms with Crippen LogP contribution in [0.3, 0.4) is 0 Å². The van der Waals surface area contributed by atoms with E-state index in [0.29, 0.717) is 17.8 Å². The number of anilines is 2. The lowest BCUT2D eigenvalue weighted by atomic mass is 10.1. The number of hydrogen-bond donors (Lipinski definition) is 1. The van der Waals surface area contributed by atoms with Crippen molar-refractivity contribution in [3.05, 3.63) is 23.8 Å². The van der Waals surface area contributed by atoms with Crippen LogP contribution in [0.15, 0.2) is 18.2 Å². The normalized spacial score (nSPS) is 22.9. The maximum absolute atomic E-state index is 11.7. The predicted molar refractivity (Wildman–Crippen MR) is 71.6 cm³/mol. The van der Waals surface area contributed by atoms with Gasteiger partial charge >= 0.3 is 0 Å². The third-order valence-corrected chi connectivity index (χ3v) is 3.85. The van der Waals surface area contributed by atoms with Crippen LogP contribution in [0.5, 0.6) is 0 Å². The van der Waals surface area contributed by atoms with Gasteiger partial charge in [0.05, 0.1) is 17.4 Å². The van der Waals surface area contributed by atoms with E-state index < -0.39 is 11.7 Å². The Kier molecular flexibility index (Phi) is 2.78. The number of Topliss-reactive ketones (excluding diaryl/α,β-unsaturated/α-hetero) is 1. The van der Waals surface area contributed by atoms with Gasteiger partial charge in [0.15, 0.2) is 0 Å². The van der Waals surface area contributed by atoms with E-state index >= 15 is 0 Å². The average molecular weight is 260 g/mol. The zero-order valence-corrected chi connectivity index (χ0v) is 10.8. The molecule has 100 valence electrons. The molecular formula is C14H16N2O3. The highest BCUT2D eigenvalue weighted by molar-refractivity contribution is 6.52. The Balaban J connectivity index is 1.94. The van der Waals surface area contributed by atoms with Crippen LogP contribution in [0.25, 0.3) is 0 Å². The molecule has 2 heterocycles. The van der Waals surface area contributed by atoms with E-state index in [1.807, 2.05) is 12.1 Å². The first-order valence-corrected chi connectivity index (χ1v) is 6.47. The number of rotatable bonds is 1. The maximum atomic E-state index is 11.7. The number of benzene rings is 1. The molecular weight excluding hydrogens is 244 g/mol. The molecule has 1 saturated heterocycles. The molecule has 0 saturated carbocycles. The summed E-state index contributed by atoms with van der Waals surface area (Å²) in [4.78, 5) is 26.8. The first-order valence-electron chi connectivity index (χ1n) is 6.47. The van der Waals surface area contributed by atoms with E-state index in [-0.39, 0.29) is 6.10 Å². The molecule has 5 nitrogen and oxygen atoms in total. The van der Waals surface area contributed by atoms with Crippen molar-refractivity contribution >= 4 is 23.1 Å². The maximum Gasteiger partial charge on any atom is 0.299 e. The SMILES string of the molecule is CN1C(=O)C(=O)c2ccc(N3CCCC(O)C3)cc21. The highest BCUT2D eigenvalue weighted by Gasteiger charge is 2.33. The van der Waals surface area contributed by atoms with E-state index in [2.05, 4.69) is 4.90 Å². The molecule has 5 heteroatoms. The van der Waals surface area contributed by atoms with Gasteiger partial charge in [-0.25, -0.2) is 0 Å². The van der Waals surface area contributed by atoms with Crippen molar-refractivity contribution in [1.29, 1.82) is 0 Å². The van der Waals surface area contributed by atoms with E-state index in [1.165, 1.54) is 4.90 Å². The summed E-state index contributed by atoms with van der Waals surface area (Å²) in [6.07, 6.45) is 1.48. The van der Waals surface area contributed by atoms with Crippen molar-refractivity contribution in [3.63, 3.8) is 0 Å². The molecule has 19 heavy (non-hydrogen) atoms. The van der Waals surface area contributed by atoms with Crippen molar-refractivity contribution in [2.45, 2.75) is 18.9 Å². The minimum Gasteiger partial charge on any atom is -0.391 e. The standard InChI is InChI=1S/C14H16N2O3/c1-15-12-7-9(16-6-2-3-10(17)8-16)4-5-11(12)13(18)14(15)19/h4-5,7,10,17H,2-3,6,8H2,1H3. The number of carbonyl (C=O) groups is 2. The van der Waals surface area contributed by atoms with Crippen LogP contribution in [-0.2, 0) is 4.79 Å². The summed E-state index contributed by atoms with van der Waals surface area (Å²) >= 11 is 0. The lowest BCUT2D eigenvalue weighted by Crippen LogP contribution is -2.38. The molecule has 2 aliphatic heterocycles. The number of amides is 1. The fourth-order valence-corrected chi connectivity index (χ4v) is 2.75. The van der Waals surface area contributed by atoms with Crippen molar-refractivity contribution in [2.24, 2.45) is 0 Å². The molecule has 0 bridgehead atoms. The van der Waals surface area contributed by atoms with Crippen LogP contribution in [0, 0.1) is 0 Å². The van der Waals surface area contributed by atoms with Gasteiger partial charge in [-0.15, -0.1) is 0 Å². The summed E-state index contributed by atoms with van der Waals surface area (Å²) in [6, 6.07) is 5.41. The Morgan fingerprint density at radius 3 is 2.84 bits per heavy atom. The van der Waals surface area contributed by atoms with Gasteiger partial charge in [-0.3, -0.25) is 9.59 Å². The van der Waals surface area contributed by atoms with E-state index in [1.54, 1.807) is 13.1 Å². The lowest BCUT2D eigenvalue weighted by Gasteiger charge is -2.32. The van der Waals surface area contributed by atoms with E-state index in [4.69, 9.17) is 0 Å². The number of aliphatic hydroxyl groups is 1. The summed E-state index contributed by atoms with van der Waals surface area (Å²) in [5.74, 6) is -0.923. The van der Waals surface area contributed by atoms with Crippen LogP contribution >= 0.6 is 0 Å². The van der Waals surface area contributed by atoms with Crippen molar-refractivity contribution in [2.75, 3.05) is 29.9 Å². The molecule has 0 aliphatic carbocycles. The van der Waals surface area contributed by atoms with Gasteiger partial charge in [-0.2, -0.15) is 0 Å². The smallest absolute Gasteiger partial charge is 0.299 e. The van der Waals surface area contributed by atoms with Gasteiger partial charge in [0.1, 0.15) is 0 Å². The Labute approximate surface area is 111 Å². The third kappa shape index (κ3) is 1.90. The van der Waals surface area contributed by atoms with Gasteiger partial charge in [0.2, 0.25) is 0 Å². The summed E-state index contributed by atoms with van der Waals surface area (Å²) in [7, 11) is 1.61. The molecule has 0 aromatic heterocycles. The van der Waals surface area contributed by atoms with Gasteiger partial charge in [-0.05, 0) is 31.0 Å². The summed E-state index contributed by atoms with van der Waals surface area (Å²) in [6.45, 7) is 1.49. The van der Waals surface area contributed by atoms with Crippen molar-refractivity contribution < 1.29 is 14.7 Å². The second-order valence-corrected chi connectivity index (χ2v) is 5.14. The molecule has 1 atom stereocenters. The van der Waals surface area contributed by atoms with Crippen molar-refractivity contribution in [1.82, 2.24) is 0 Å². The quantitative estimate of drug-likeness (QED) is 0.759. The number of likely N-dealkylation sites (N-methyl/N-ethyl adjacent to an activating group) is 1. The minimum atomic E-state index is -0.481. The largest absolute Gasteiger partial charge is 0.391 e. The van der Waals surface area contributed by atoms with Crippen LogP contribution < -0.4 is 9.80 Å². The van der Waals surface area contributed by atoms with Crippen LogP contribution in [0.1, 0.15) is 23.2 Å². The third-order valence-electron chi connectivity index (χ3n) is 3.85. The highest BCUT2D eigenvalue weighted by Crippen LogP contribution is 2.32. The molecule has 1 amide bonds. The van der Waals surface area contributed by atoms with E-state index in [0.717, 1.165) is 25.1 Å². The van der Waals surface area contributed by atoms with Crippen LogP contribution in [0.2, 0.25) is 0 Å². The Morgan fingerprint density at radius 1 is 1.32 bits per heavy atom. The number of aliphatic hydroxyl groups excluding tert-OH is 1. The molecule has 1 N–H and O–H groups in total. The zero-order chi connectivity index (χ0) is 13.6. The van der Waals surface area contributed by atoms with E-state index in [9.17, 15) is 14.7 Å². The summed E-state index contributed by atoms with van der Waals surface area (Å²) < 4.78 is 0. The second-order valence-electron chi connectivity index (χ2n) is 5.14. The zero-order valence-electron chi connectivity index (χ0n) is 10.8. The average Bonchev–Trinajstić information content (AvgIpc) is 2.64. The lowest BCUT2D eigenvalue weighted by molar-refractivity contribution is -0.114. The van der Waals surface area contributed by atoms with Crippen LogP contribution in [0.4, 0.5) is 11.4 Å². The molecule has 0 spiro atoms. The van der Waals surface area contributed by atoms with Gasteiger partial charge in [0.25, 0.3) is 11.7 Å². The Morgan fingerprint density at radius 2 is 2.11 bits per heavy atom. The number of ketones is 1. The fourth-order valence-electron chi connectivity index (χ4n) is 2.75. The second kappa shape index (κ2) is 4.35. The Hall–Kier alpha value is -1.88. The number of piperidine rings is 1. The number of β-amino-alcohol motifs (C(OH)–C–C–N with tert-alkyl or cyclic N) is 1. The van der Waals surface area contributed by atoms with Crippen LogP contribution in [-0.4, -0.2) is 43.0 Å². The summed E-state index contributed by atoms with van der Waals surface area (Å²) in [5.41, 5.74) is 2.08. The molecule has 1 unspecified atom stereocenters. The van der Waals surface area contributed by atoms with Gasteiger partial charge in [0, 0.05) is 25.8 Å². The predicted octanol–water partition coefficient (Wildman–Crippen LogP) is 0.807. The number of hydrogen-bond acceptors (Lipinski definition) is 4. The fraction of sp³-hybridized carbons (Fsp3) is 0.429. The highest BCUT2D eigenvalue weighted by atomic mass is 16.3. The molecule has 3 rings (SSSR count). The van der Waals surface area contributed by atoms with Gasteiger partial charge in [-0.1, -0.05) is 0 Å². The minimum absolute atomic E-state index is 0.303. The Bertz CT molecular complexity index is 556. The number of carbonyl (C=O) groups excluding carboxylic acids is 2. The first kappa shape index (κ1) is 12.2. The number of fused-ring (bicyclic) bond motifs is 1. The molecule has 0 radical (unpaired) electrons. The summed E-state index contributed by atoms with van der Waals surface area (Å²) in [5, 5.41) is 9.71. The molecule has 2 aliphatic rings. The van der Waals surface area contributed by atoms with Gasteiger partial charge < -0.3 is 14.9 Å². The molecule has 1 aromatic carbocycles. The molecule has 1 fully saturated rings. The number of nitrogens with zero attached hydrogens (tertiary/aromatic N) is 2. The molecule has 1 aromatic rings. The first-order chi connectivity index (χ1) is 9.08. The monoisotopic (exact) mass is 260 g/mol. The van der Waals surface area contributed by atoms with Crippen molar-refractivity contribution in [3.8, 4) is 0 Å². The topological polar surface area (TPSA) is 60.9 Å².